The lowest BCUT2D eigenvalue weighted by atomic mass is 9.77. The first-order valence-corrected chi connectivity index (χ1v) is 12.4. The molecule has 0 fully saturated rings. The monoisotopic (exact) mass is 518 g/mol. The average molecular weight is 519 g/mol. The molecule has 0 saturated heterocycles. The highest BCUT2D eigenvalue weighted by molar-refractivity contribution is 6.36. The molecule has 2 amide bonds. The number of ketones is 1. The van der Waals surface area contributed by atoms with Crippen LogP contribution in [0.2, 0.25) is 0 Å². The van der Waals surface area contributed by atoms with Crippen molar-refractivity contribution in [1.82, 2.24) is 10.2 Å². The molecule has 0 bridgehead atoms. The van der Waals surface area contributed by atoms with Crippen LogP contribution >= 0.6 is 0 Å². The van der Waals surface area contributed by atoms with Crippen LogP contribution in [0.15, 0.2) is 23.8 Å². The fourth-order valence-corrected chi connectivity index (χ4v) is 4.74. The van der Waals surface area contributed by atoms with Crippen LogP contribution in [0.5, 0.6) is 11.5 Å². The van der Waals surface area contributed by atoms with Gasteiger partial charge in [-0.15, -0.1) is 0 Å². The molecule has 3 N–H and O–H groups in total. The van der Waals surface area contributed by atoms with Crippen LogP contribution in [0.25, 0.3) is 0 Å². The minimum Gasteiger partial charge on any atom is -0.493 e. The number of fused-ring (bicyclic) bond motifs is 3. The molecule has 11 nitrogen and oxygen atoms in total. The largest absolute Gasteiger partial charge is 0.493 e. The summed E-state index contributed by atoms with van der Waals surface area (Å²) in [5.41, 5.74) is 0.963. The van der Waals surface area contributed by atoms with Crippen LogP contribution < -0.4 is 14.8 Å². The van der Waals surface area contributed by atoms with Crippen LogP contribution in [-0.4, -0.2) is 97.3 Å². The number of amides is 2. The lowest BCUT2D eigenvalue weighted by Gasteiger charge is -2.40. The van der Waals surface area contributed by atoms with E-state index < -0.39 is 41.8 Å². The van der Waals surface area contributed by atoms with Gasteiger partial charge in [-0.25, -0.2) is 0 Å². The summed E-state index contributed by atoms with van der Waals surface area (Å²) in [6.07, 6.45) is 0.190. The van der Waals surface area contributed by atoms with E-state index in [9.17, 15) is 29.4 Å². The minimum absolute atomic E-state index is 0.0164. The Labute approximate surface area is 215 Å². The summed E-state index contributed by atoms with van der Waals surface area (Å²) < 4.78 is 16.9. The highest BCUT2D eigenvalue weighted by atomic mass is 16.5. The van der Waals surface area contributed by atoms with Crippen LogP contribution in [0, 0.1) is 0 Å². The third-order valence-electron chi connectivity index (χ3n) is 6.48. The van der Waals surface area contributed by atoms with E-state index in [0.29, 0.717) is 37.0 Å². The first-order chi connectivity index (χ1) is 17.8. The van der Waals surface area contributed by atoms with Crippen molar-refractivity contribution in [1.29, 1.82) is 0 Å². The van der Waals surface area contributed by atoms with Gasteiger partial charge in [0.25, 0.3) is 5.91 Å². The zero-order valence-corrected chi connectivity index (χ0v) is 21.3. The van der Waals surface area contributed by atoms with Crippen molar-refractivity contribution in [2.24, 2.45) is 0 Å². The number of nitrogens with one attached hydrogen (secondary N) is 1. The molecule has 0 radical (unpaired) electrons. The molecule has 0 unspecified atom stereocenters. The molecule has 11 heteroatoms. The van der Waals surface area contributed by atoms with Gasteiger partial charge in [0.1, 0.15) is 18.5 Å². The number of rotatable bonds is 13. The molecular weight excluding hydrogens is 484 g/mol. The lowest BCUT2D eigenvalue weighted by Crippen LogP contribution is -2.57. The van der Waals surface area contributed by atoms with Gasteiger partial charge in [-0.05, 0) is 31.6 Å². The number of carbonyl (C=O) groups is 4. The number of benzene rings is 1. The Morgan fingerprint density at radius 3 is 2.62 bits per heavy atom. The van der Waals surface area contributed by atoms with Crippen LogP contribution in [0.3, 0.4) is 0 Å². The highest BCUT2D eigenvalue weighted by Gasteiger charge is 2.51. The van der Waals surface area contributed by atoms with E-state index in [4.69, 9.17) is 14.2 Å². The van der Waals surface area contributed by atoms with Gasteiger partial charge in [0.05, 0.1) is 25.7 Å². The van der Waals surface area contributed by atoms with E-state index in [2.05, 4.69) is 5.32 Å². The summed E-state index contributed by atoms with van der Waals surface area (Å²) >= 11 is 0. The van der Waals surface area contributed by atoms with Gasteiger partial charge in [0, 0.05) is 49.4 Å². The fourth-order valence-electron chi connectivity index (χ4n) is 4.74. The van der Waals surface area contributed by atoms with Gasteiger partial charge in [-0.3, -0.25) is 19.2 Å². The van der Waals surface area contributed by atoms with Gasteiger partial charge in [-0.2, -0.15) is 0 Å². The fraction of sp³-hybridized carbons (Fsp3) is 0.538. The van der Waals surface area contributed by atoms with Crippen molar-refractivity contribution >= 4 is 23.9 Å². The molecule has 37 heavy (non-hydrogen) atoms. The maximum absolute atomic E-state index is 13.2. The molecular formula is C26H34N2O9. The zero-order valence-electron chi connectivity index (χ0n) is 21.3. The van der Waals surface area contributed by atoms with Crippen molar-refractivity contribution in [3.63, 3.8) is 0 Å². The van der Waals surface area contributed by atoms with E-state index in [-0.39, 0.29) is 43.2 Å². The van der Waals surface area contributed by atoms with Crippen molar-refractivity contribution in [3.8, 4) is 11.5 Å². The topological polar surface area (TPSA) is 152 Å². The van der Waals surface area contributed by atoms with E-state index in [1.54, 1.807) is 13.0 Å². The second-order valence-electron chi connectivity index (χ2n) is 8.73. The molecule has 4 atom stereocenters. The molecule has 2 aliphatic rings. The lowest BCUT2D eigenvalue weighted by molar-refractivity contribution is -0.148. The van der Waals surface area contributed by atoms with Gasteiger partial charge in [0.15, 0.2) is 11.5 Å². The SMILES string of the molecule is CCOCCCN(C(=O)C(=O)CC)[C@@H]1C=C(C(=O)NCCO)[C@@H]2c3cc(C=O)cc(OC)c3O[C@@H]2[C@H]1O. The minimum atomic E-state index is -1.31. The van der Waals surface area contributed by atoms with Crippen molar-refractivity contribution in [3.05, 3.63) is 34.9 Å². The summed E-state index contributed by atoms with van der Waals surface area (Å²) in [7, 11) is 1.41. The second kappa shape index (κ2) is 12.8. The maximum Gasteiger partial charge on any atom is 0.290 e. The molecule has 3 rings (SSSR count). The molecule has 0 saturated carbocycles. The Balaban J connectivity index is 2.10. The van der Waals surface area contributed by atoms with Gasteiger partial charge >= 0.3 is 0 Å². The van der Waals surface area contributed by atoms with Gasteiger partial charge in [0.2, 0.25) is 11.7 Å². The first kappa shape index (κ1) is 28.3. The Bertz CT molecular complexity index is 1050. The Kier molecular flexibility index (Phi) is 9.79. The molecule has 1 heterocycles. The predicted octanol–water partition coefficient (Wildman–Crippen LogP) is 0.365. The summed E-state index contributed by atoms with van der Waals surface area (Å²) in [6.45, 7) is 4.05. The summed E-state index contributed by atoms with van der Waals surface area (Å²) in [6, 6.07) is 2.01. The number of aldehydes is 1. The van der Waals surface area contributed by atoms with E-state index in [1.165, 1.54) is 24.2 Å². The molecule has 1 aromatic carbocycles. The third kappa shape index (κ3) is 5.84. The normalized spacial score (nSPS) is 21.7. The molecule has 202 valence electrons. The van der Waals surface area contributed by atoms with Gasteiger partial charge in [-0.1, -0.05) is 6.92 Å². The number of hydrogen-bond acceptors (Lipinski definition) is 9. The van der Waals surface area contributed by atoms with Crippen molar-refractivity contribution in [2.75, 3.05) is 40.0 Å². The molecule has 1 aliphatic heterocycles. The number of methoxy groups -OCH3 is 1. The molecule has 1 aliphatic carbocycles. The number of ether oxygens (including phenoxy) is 3. The van der Waals surface area contributed by atoms with Crippen molar-refractivity contribution < 1.29 is 43.6 Å². The second-order valence-corrected chi connectivity index (χ2v) is 8.73. The Hall–Kier alpha value is -3.28. The van der Waals surface area contributed by atoms with Crippen LogP contribution in [0.1, 0.15) is 48.5 Å². The highest BCUT2D eigenvalue weighted by Crippen LogP contribution is 2.51. The summed E-state index contributed by atoms with van der Waals surface area (Å²) in [5.74, 6) is -2.17. The number of hydrogen-bond donors (Lipinski definition) is 3. The smallest absolute Gasteiger partial charge is 0.290 e. The number of nitrogens with zero attached hydrogens (tertiary/aromatic N) is 1. The van der Waals surface area contributed by atoms with Crippen molar-refractivity contribution in [2.45, 2.75) is 50.9 Å². The Morgan fingerprint density at radius 1 is 1.24 bits per heavy atom. The quantitative estimate of drug-likeness (QED) is 0.191. The third-order valence-corrected chi connectivity index (χ3v) is 6.48. The Morgan fingerprint density at radius 2 is 2.00 bits per heavy atom. The van der Waals surface area contributed by atoms with Crippen LogP contribution in [-0.2, 0) is 19.1 Å². The summed E-state index contributed by atoms with van der Waals surface area (Å²) in [5, 5.41) is 23.3. The van der Waals surface area contributed by atoms with E-state index in [1.807, 2.05) is 6.92 Å². The van der Waals surface area contributed by atoms with E-state index >= 15 is 0 Å². The van der Waals surface area contributed by atoms with E-state index in [0.717, 1.165) is 0 Å². The van der Waals surface area contributed by atoms with Gasteiger partial charge < -0.3 is 34.6 Å². The molecule has 0 aromatic heterocycles. The standard InChI is InChI=1S/C26H34N2O9/c1-4-19(31)26(34)28(8-6-10-36-5-2)18-13-17(25(33)27-7-9-29)21-16-11-15(14-30)12-20(35-3)23(16)37-24(21)22(18)32/h11-14,18,21-22,24,29,32H,4-10H2,1-3H3,(H,27,33)/t18-,21+,22+,24+/m1/s1. The number of aliphatic hydroxyl groups excluding tert-OH is 2. The van der Waals surface area contributed by atoms with Crippen LogP contribution in [0.4, 0.5) is 0 Å². The number of Topliss-reactive ketones (excluding diaryl/α,β-unsaturated/α-hetero) is 1. The molecule has 1 aromatic rings. The predicted molar refractivity (Wildman–Crippen MR) is 132 cm³/mol. The first-order valence-electron chi connectivity index (χ1n) is 12.4. The zero-order chi connectivity index (χ0) is 27.1. The number of aliphatic hydroxyl groups is 2. The average Bonchev–Trinajstić information content (AvgIpc) is 3.31. The number of carbonyl (C=O) groups excluding carboxylic acids is 4. The summed E-state index contributed by atoms with van der Waals surface area (Å²) in [4.78, 5) is 51.5. The maximum atomic E-state index is 13.2. The molecule has 0 spiro atoms.